The minimum atomic E-state index is -0.409. The van der Waals surface area contributed by atoms with Gasteiger partial charge in [0.15, 0.2) is 5.75 Å². The summed E-state index contributed by atoms with van der Waals surface area (Å²) in [6.07, 6.45) is 10.2. The van der Waals surface area contributed by atoms with E-state index in [9.17, 15) is 15.2 Å². The zero-order valence-electron chi connectivity index (χ0n) is 18.6. The molecule has 1 aromatic rings. The number of aliphatic hydroxyl groups excluding tert-OH is 1. The van der Waals surface area contributed by atoms with Gasteiger partial charge in [0.05, 0.1) is 16.7 Å². The van der Waals surface area contributed by atoms with Gasteiger partial charge in [0.2, 0.25) is 0 Å². The molecular weight excluding hydrogens is 392 g/mol. The van der Waals surface area contributed by atoms with Crippen molar-refractivity contribution in [2.75, 3.05) is 0 Å². The maximum atomic E-state index is 10.8. The number of non-ortho nitro benzene ring substituents is 1. The molecule has 168 valence electrons. The molecule has 0 aromatic heterocycles. The lowest BCUT2D eigenvalue weighted by Gasteiger charge is -2.60. The molecule has 5 rings (SSSR count). The number of hydrogen-bond acceptors (Lipinski definition) is 5. The summed E-state index contributed by atoms with van der Waals surface area (Å²) in [5.74, 6) is 3.43. The average molecular weight is 427 g/mol. The van der Waals surface area contributed by atoms with Crippen LogP contribution in [0, 0.1) is 44.6 Å². The minimum absolute atomic E-state index is 0.0588. The molecule has 0 spiro atoms. The van der Waals surface area contributed by atoms with E-state index < -0.39 is 4.92 Å². The highest BCUT2D eigenvalue weighted by Crippen LogP contribution is 2.66. The number of oxime groups is 1. The van der Waals surface area contributed by atoms with E-state index >= 15 is 0 Å². The highest BCUT2D eigenvalue weighted by Gasteiger charge is 2.59. The fraction of sp³-hybridized carbons (Fsp3) is 0.720. The fourth-order valence-corrected chi connectivity index (χ4v) is 7.86. The van der Waals surface area contributed by atoms with Crippen LogP contribution in [0.3, 0.4) is 0 Å². The molecule has 0 radical (unpaired) electrons. The number of benzene rings is 1. The van der Waals surface area contributed by atoms with Crippen molar-refractivity contribution < 1.29 is 14.9 Å². The van der Waals surface area contributed by atoms with Gasteiger partial charge in [-0.1, -0.05) is 19.0 Å². The van der Waals surface area contributed by atoms with Crippen molar-refractivity contribution >= 4 is 11.4 Å². The number of nitro groups is 1. The Kier molecular flexibility index (Phi) is 5.11. The topological polar surface area (TPSA) is 85.0 Å². The molecule has 7 atom stereocenters. The summed E-state index contributed by atoms with van der Waals surface area (Å²) in [5, 5.41) is 25.9. The average Bonchev–Trinajstić information content (AvgIpc) is 3.07. The van der Waals surface area contributed by atoms with Crippen LogP contribution in [-0.2, 0) is 0 Å². The minimum Gasteiger partial charge on any atom is -0.393 e. The van der Waals surface area contributed by atoms with Crippen molar-refractivity contribution in [3.63, 3.8) is 0 Å². The van der Waals surface area contributed by atoms with Gasteiger partial charge in [-0.05, 0) is 104 Å². The summed E-state index contributed by atoms with van der Waals surface area (Å²) in [6, 6.07) is 6.11. The molecule has 6 heteroatoms. The first-order chi connectivity index (χ1) is 14.8. The number of nitrogens with zero attached hydrogens (tertiary/aromatic N) is 2. The molecule has 4 fully saturated rings. The van der Waals surface area contributed by atoms with E-state index in [2.05, 4.69) is 19.0 Å². The lowest BCUT2D eigenvalue weighted by Crippen LogP contribution is -2.54. The number of nitro benzene ring substituents is 1. The summed E-state index contributed by atoms with van der Waals surface area (Å²) in [5.41, 5.74) is 1.69. The zero-order chi connectivity index (χ0) is 21.8. The Hall–Kier alpha value is -1.95. The Bertz CT molecular complexity index is 884. The van der Waals surface area contributed by atoms with Crippen molar-refractivity contribution in [1.82, 2.24) is 0 Å². The van der Waals surface area contributed by atoms with Crippen molar-refractivity contribution in [3.05, 3.63) is 34.4 Å². The second-order valence-corrected chi connectivity index (χ2v) is 11.0. The quantitative estimate of drug-likeness (QED) is 0.494. The van der Waals surface area contributed by atoms with Gasteiger partial charge in [-0.15, -0.1) is 0 Å². The van der Waals surface area contributed by atoms with Crippen molar-refractivity contribution in [3.8, 4) is 5.75 Å². The lowest BCUT2D eigenvalue weighted by atomic mass is 9.45. The molecule has 1 aromatic carbocycles. The molecule has 0 unspecified atom stereocenters. The predicted octanol–water partition coefficient (Wildman–Crippen LogP) is 5.73. The SMILES string of the molecule is C[C@]12CC/C(=N/Oc3ccc([N+](=O)[O-])cc3)C[C@@H]1CC[C@@H]1[C@@H]2CC[C@]2(C)[C@@H](O)CC[C@@H]12. The van der Waals surface area contributed by atoms with E-state index in [0.717, 1.165) is 43.2 Å². The van der Waals surface area contributed by atoms with Gasteiger partial charge in [-0.2, -0.15) is 0 Å². The highest BCUT2D eigenvalue weighted by molar-refractivity contribution is 5.85. The molecule has 0 saturated heterocycles. The maximum absolute atomic E-state index is 10.8. The highest BCUT2D eigenvalue weighted by atomic mass is 16.6. The Morgan fingerprint density at radius 3 is 2.52 bits per heavy atom. The Balaban J connectivity index is 1.27. The molecule has 4 aliphatic rings. The van der Waals surface area contributed by atoms with Crippen molar-refractivity contribution in [2.45, 2.75) is 77.7 Å². The van der Waals surface area contributed by atoms with E-state index in [1.807, 2.05) is 0 Å². The van der Waals surface area contributed by atoms with Crippen LogP contribution in [0.15, 0.2) is 29.4 Å². The van der Waals surface area contributed by atoms with Crippen LogP contribution in [-0.4, -0.2) is 21.8 Å². The zero-order valence-corrected chi connectivity index (χ0v) is 18.6. The summed E-state index contributed by atoms with van der Waals surface area (Å²) >= 11 is 0. The first kappa shape index (κ1) is 20.9. The first-order valence-corrected chi connectivity index (χ1v) is 12.0. The van der Waals surface area contributed by atoms with Gasteiger partial charge in [0.25, 0.3) is 5.69 Å². The van der Waals surface area contributed by atoms with E-state index in [1.165, 1.54) is 44.2 Å². The summed E-state index contributed by atoms with van der Waals surface area (Å²) in [4.78, 5) is 16.0. The standard InChI is InChI=1S/C25H34N2O4/c1-24-13-11-17(26-31-19-6-4-18(5-7-19)27(29)30)15-16(24)3-8-20-21-9-10-23(28)25(21,2)14-12-22(20)24/h4-7,16,20-23,28H,3,8-15H2,1-2H3/b26-17-/t16-,20-,21-,22-,23-,24-,25-/m0/s1. The van der Waals surface area contributed by atoms with Crippen LogP contribution in [0.5, 0.6) is 5.75 Å². The monoisotopic (exact) mass is 426 g/mol. The van der Waals surface area contributed by atoms with Crippen LogP contribution < -0.4 is 4.84 Å². The Morgan fingerprint density at radius 2 is 1.77 bits per heavy atom. The molecular formula is C25H34N2O4. The second kappa shape index (κ2) is 7.58. The molecule has 4 saturated carbocycles. The van der Waals surface area contributed by atoms with Gasteiger partial charge in [0.1, 0.15) is 0 Å². The van der Waals surface area contributed by atoms with Crippen molar-refractivity contribution in [2.24, 2.45) is 39.7 Å². The van der Waals surface area contributed by atoms with E-state index in [1.54, 1.807) is 12.1 Å². The normalized spacial score (nSPS) is 43.1. The molecule has 0 bridgehead atoms. The van der Waals surface area contributed by atoms with Gasteiger partial charge >= 0.3 is 0 Å². The predicted molar refractivity (Wildman–Crippen MR) is 119 cm³/mol. The number of fused-ring (bicyclic) bond motifs is 5. The molecule has 1 N–H and O–H groups in total. The summed E-state index contributed by atoms with van der Waals surface area (Å²) < 4.78 is 0. The van der Waals surface area contributed by atoms with Crippen molar-refractivity contribution in [1.29, 1.82) is 0 Å². The maximum Gasteiger partial charge on any atom is 0.269 e. The van der Waals surface area contributed by atoms with Crippen LogP contribution >= 0.6 is 0 Å². The fourth-order valence-electron chi connectivity index (χ4n) is 7.86. The van der Waals surface area contributed by atoms with Crippen LogP contribution in [0.2, 0.25) is 0 Å². The lowest BCUT2D eigenvalue weighted by molar-refractivity contribution is -0.384. The van der Waals surface area contributed by atoms with Crippen LogP contribution in [0.4, 0.5) is 5.69 Å². The smallest absolute Gasteiger partial charge is 0.269 e. The van der Waals surface area contributed by atoms with Crippen LogP contribution in [0.25, 0.3) is 0 Å². The van der Waals surface area contributed by atoms with Gasteiger partial charge < -0.3 is 9.94 Å². The van der Waals surface area contributed by atoms with E-state index in [4.69, 9.17) is 4.84 Å². The molecule has 31 heavy (non-hydrogen) atoms. The largest absolute Gasteiger partial charge is 0.393 e. The molecule has 0 aliphatic heterocycles. The third kappa shape index (κ3) is 3.38. The van der Waals surface area contributed by atoms with Gasteiger partial charge in [0, 0.05) is 12.1 Å². The van der Waals surface area contributed by atoms with Gasteiger partial charge in [-0.25, -0.2) is 0 Å². The Labute approximate surface area is 184 Å². The Morgan fingerprint density at radius 1 is 1.03 bits per heavy atom. The third-order valence-electron chi connectivity index (χ3n) is 9.78. The first-order valence-electron chi connectivity index (χ1n) is 12.0. The summed E-state index contributed by atoms with van der Waals surface area (Å²) in [7, 11) is 0. The number of aliphatic hydroxyl groups is 1. The molecule has 6 nitrogen and oxygen atoms in total. The second-order valence-electron chi connectivity index (χ2n) is 11.0. The summed E-state index contributed by atoms with van der Waals surface area (Å²) in [6.45, 7) is 4.87. The van der Waals surface area contributed by atoms with Gasteiger partial charge in [-0.3, -0.25) is 10.1 Å². The number of rotatable bonds is 3. The van der Waals surface area contributed by atoms with E-state index in [0.29, 0.717) is 23.0 Å². The van der Waals surface area contributed by atoms with Crippen LogP contribution in [0.1, 0.15) is 71.6 Å². The molecule has 4 aliphatic carbocycles. The number of hydrogen-bond donors (Lipinski definition) is 1. The molecule has 0 amide bonds. The third-order valence-corrected chi connectivity index (χ3v) is 9.78. The molecule has 0 heterocycles. The van der Waals surface area contributed by atoms with E-state index in [-0.39, 0.29) is 17.2 Å².